The Morgan fingerprint density at radius 1 is 0.906 bits per heavy atom. The number of anilines is 2. The van der Waals surface area contributed by atoms with E-state index in [-0.39, 0.29) is 87.2 Å². The monoisotopic (exact) mass is 1480 g/mol. The van der Waals surface area contributed by atoms with Crippen LogP contribution < -0.4 is 25.0 Å². The molecule has 0 radical (unpaired) electrons. The summed E-state index contributed by atoms with van der Waals surface area (Å²) in [5, 5.41) is 27.9. The van der Waals surface area contributed by atoms with Gasteiger partial charge in [0, 0.05) is 45.1 Å². The summed E-state index contributed by atoms with van der Waals surface area (Å²) in [7, 11) is -5.16. The summed E-state index contributed by atoms with van der Waals surface area (Å²) >= 11 is 28.7. The first-order chi connectivity index (χ1) is 44.6. The fourth-order valence-electron chi connectivity index (χ4n) is 8.90. The third kappa shape index (κ3) is 24.7. The number of carbonyl (C=O) groups is 8. The van der Waals surface area contributed by atoms with E-state index in [9.17, 15) is 74.6 Å². The lowest BCUT2D eigenvalue weighted by Gasteiger charge is -2.35. The zero-order valence-corrected chi connectivity index (χ0v) is 58.1. The molecule has 0 bridgehead atoms. The van der Waals surface area contributed by atoms with Crippen LogP contribution in [-0.2, 0) is 65.2 Å². The number of nitrogens with zero attached hydrogens (tertiary/aromatic N) is 3. The van der Waals surface area contributed by atoms with Gasteiger partial charge in [0.25, 0.3) is 11.6 Å². The summed E-state index contributed by atoms with van der Waals surface area (Å²) in [4.78, 5) is 114. The maximum Gasteiger partial charge on any atom is 0.416 e. The first-order valence-corrected chi connectivity index (χ1v) is 34.9. The Balaban J connectivity index is 0.000000321. The molecule has 1 saturated carbocycles. The van der Waals surface area contributed by atoms with Crippen LogP contribution in [0.2, 0.25) is 10.0 Å². The van der Waals surface area contributed by atoms with Crippen molar-refractivity contribution in [3.05, 3.63) is 145 Å². The van der Waals surface area contributed by atoms with Crippen LogP contribution in [-0.4, -0.2) is 150 Å². The number of alkyl halides is 6. The number of nitro benzene ring substituents is 1. The van der Waals surface area contributed by atoms with E-state index in [1.54, 1.807) is 16.9 Å². The summed E-state index contributed by atoms with van der Waals surface area (Å²) < 4.78 is 92.4. The van der Waals surface area contributed by atoms with E-state index in [1.807, 2.05) is 57.2 Å². The van der Waals surface area contributed by atoms with Gasteiger partial charge in [0.15, 0.2) is 45.5 Å². The number of para-hydroxylation sites is 3. The van der Waals surface area contributed by atoms with Gasteiger partial charge in [0.2, 0.25) is 5.91 Å². The van der Waals surface area contributed by atoms with Gasteiger partial charge in [-0.25, -0.2) is 18.0 Å². The summed E-state index contributed by atoms with van der Waals surface area (Å²) in [6, 6.07) is 21.4. The Morgan fingerprint density at radius 2 is 1.53 bits per heavy atom. The van der Waals surface area contributed by atoms with Gasteiger partial charge in [-0.1, -0.05) is 83.7 Å². The van der Waals surface area contributed by atoms with E-state index in [0.29, 0.717) is 31.5 Å². The van der Waals surface area contributed by atoms with Crippen LogP contribution in [0.3, 0.4) is 0 Å². The Bertz CT molecular complexity index is 3810. The first kappa shape index (κ1) is 83.0. The molecule has 5 atom stereocenters. The summed E-state index contributed by atoms with van der Waals surface area (Å²) in [6.45, 7) is 11.2. The smallest absolute Gasteiger partial charge is 0.416 e. The lowest BCUT2D eigenvalue weighted by Crippen LogP contribution is -2.47. The van der Waals surface area contributed by atoms with Crippen LogP contribution in [0.1, 0.15) is 90.8 Å². The number of ketones is 3. The van der Waals surface area contributed by atoms with Gasteiger partial charge in [0.1, 0.15) is 41.7 Å². The fourth-order valence-corrected chi connectivity index (χ4v) is 11.1. The van der Waals surface area contributed by atoms with Crippen molar-refractivity contribution in [1.29, 1.82) is 0 Å². The van der Waals surface area contributed by atoms with Crippen molar-refractivity contribution in [3.63, 3.8) is 0 Å². The minimum Gasteiger partial charge on any atom is -0.489 e. The second kappa shape index (κ2) is 37.5. The SMILES string of the molecule is CC1COc2ccccc2N1C(=O)C(Cl)Cl.CCc1cccc(C)c1N(C(=O)CCl)C(C)COC.CP(=O)(O)CCC(N)C(=O)O.CS(=O)(=O)c1ccc(C(=O)C2C(=O)CCCC2=O)c([N+](=O)[O-])c1.C[C@H](OC(=O)c1cc(Oc2ccc(C(F)(F)F)cc2Cl)ccc1Cl)C(=O)O. The Hall–Kier alpha value is -7.24. The minimum absolute atomic E-state index is 0.0223. The average Bonchev–Trinajstić information content (AvgIpc) is 1.08. The number of ether oxygens (including phenoxy) is 4. The molecule has 0 saturated heterocycles. The number of aliphatic carboxylic acids is 2. The van der Waals surface area contributed by atoms with Crippen molar-refractivity contribution >= 4 is 139 Å². The highest BCUT2D eigenvalue weighted by molar-refractivity contribution is 7.90. The van der Waals surface area contributed by atoms with Gasteiger partial charge >= 0.3 is 24.1 Å². The zero-order valence-electron chi connectivity index (χ0n) is 52.6. The summed E-state index contributed by atoms with van der Waals surface area (Å²) in [5.41, 5.74) is 6.74. The largest absolute Gasteiger partial charge is 0.489 e. The molecule has 7 rings (SSSR count). The van der Waals surface area contributed by atoms with E-state index in [2.05, 4.69) is 13.0 Å². The molecule has 5 N–H and O–H groups in total. The third-order valence-corrected chi connectivity index (χ3v) is 17.1. The quantitative estimate of drug-likeness (QED) is 0.0107. The van der Waals surface area contributed by atoms with Crippen molar-refractivity contribution in [2.45, 2.75) is 107 Å². The molecule has 2 aliphatic rings. The fraction of sp³-hybridized carbons (Fsp3) is 0.387. The molecule has 96 heavy (non-hydrogen) atoms. The zero-order chi connectivity index (χ0) is 72.9. The van der Waals surface area contributed by atoms with Gasteiger partial charge in [-0.15, -0.1) is 11.6 Å². The first-order valence-electron chi connectivity index (χ1n) is 28.5. The number of benzene rings is 5. The number of methoxy groups -OCH3 is 1. The lowest BCUT2D eigenvalue weighted by atomic mass is 9.81. The number of nitro groups is 1. The van der Waals surface area contributed by atoms with Gasteiger partial charge in [-0.2, -0.15) is 13.2 Å². The molecule has 1 heterocycles. The topological polar surface area (TPSA) is 361 Å². The molecule has 0 aromatic heterocycles. The molecule has 1 fully saturated rings. The van der Waals surface area contributed by atoms with Crippen molar-refractivity contribution < 1.29 is 103 Å². The molecular formula is C62H69Cl5F3N4O20PS. The molecule has 1 aliphatic heterocycles. The summed E-state index contributed by atoms with van der Waals surface area (Å²) in [5.74, 6) is -6.88. The highest BCUT2D eigenvalue weighted by atomic mass is 35.5. The number of amides is 2. The molecule has 2 amide bonds. The molecule has 34 heteroatoms. The Labute approximate surface area is 575 Å². The molecule has 4 unspecified atom stereocenters. The molecule has 5 aromatic rings. The Morgan fingerprint density at radius 3 is 2.05 bits per heavy atom. The van der Waals surface area contributed by atoms with Crippen molar-refractivity contribution in [2.24, 2.45) is 11.7 Å². The Kier molecular flexibility index (Phi) is 32.4. The third-order valence-electron chi connectivity index (χ3n) is 13.7. The van der Waals surface area contributed by atoms with Gasteiger partial charge in [-0.05, 0) is 119 Å². The van der Waals surface area contributed by atoms with E-state index in [0.717, 1.165) is 78.5 Å². The number of hydrogen-bond donors (Lipinski definition) is 4. The number of esters is 1. The van der Waals surface area contributed by atoms with Gasteiger partial charge in [0.05, 0.1) is 66.6 Å². The van der Waals surface area contributed by atoms with Crippen LogP contribution in [0.5, 0.6) is 17.2 Å². The minimum atomic E-state index is -4.56. The molecular weight excluding hydrogens is 1420 g/mol. The highest BCUT2D eigenvalue weighted by Gasteiger charge is 2.40. The van der Waals surface area contributed by atoms with Crippen LogP contribution in [0, 0.1) is 23.0 Å². The van der Waals surface area contributed by atoms with Crippen LogP contribution >= 0.6 is 65.4 Å². The van der Waals surface area contributed by atoms with Crippen molar-refractivity contribution in [3.8, 4) is 17.2 Å². The number of halogens is 8. The predicted molar refractivity (Wildman–Crippen MR) is 354 cm³/mol. The standard InChI is InChI=1S/C17H11Cl2F3O5.C15H22ClNO2.C14H13NO7S.C11H11Cl2NO2.C5H12NO4P/c1-8(15(23)24)26-16(25)11-7-10(3-4-12(11)18)27-14-5-2-9(6-13(14)19)17(20,21)22;1-5-13-8-6-7-11(2)15(13)17(14(18)9-16)12(3)10-19-4;1-23(21,22)8-5-6-9(10(7-8)15(19)20)14(18)13-11(16)3-2-4-12(13)17;1-7-6-16-9-5-3-2-4-8(9)14(7)11(15)10(12)13;1-11(9,10)3-2-4(6)5(7)8/h2-8H,1H3,(H,23,24);6-8,12H,5,9-10H2,1-4H3;5-7,13H,2-4H2,1H3;2-5,7,10H,6H2,1H3;4H,2-3,6H2,1H3,(H,7,8)(H,9,10)/t8-;;;;/m0..../s1. The molecule has 5 aromatic carbocycles. The molecule has 1 aliphatic carbocycles. The van der Waals surface area contributed by atoms with Gasteiger partial charge in [-0.3, -0.25) is 43.4 Å². The summed E-state index contributed by atoms with van der Waals surface area (Å²) in [6.07, 6.45) is -3.71. The van der Waals surface area contributed by atoms with E-state index in [1.165, 1.54) is 18.8 Å². The van der Waals surface area contributed by atoms with Gasteiger partial charge < -0.3 is 49.6 Å². The number of sulfone groups is 1. The number of nitrogens with two attached hydrogens (primary N) is 1. The van der Waals surface area contributed by atoms with Crippen LogP contribution in [0.25, 0.3) is 0 Å². The maximum atomic E-state index is 12.7. The number of Topliss-reactive ketones (excluding diaryl/α,β-unsaturated/α-hetero) is 3. The predicted octanol–water partition coefficient (Wildman–Crippen LogP) is 12.0. The average molecular weight is 1490 g/mol. The van der Waals surface area contributed by atoms with Crippen LogP contribution in [0.15, 0.2) is 102 Å². The maximum absolute atomic E-state index is 12.7. The second-order valence-corrected chi connectivity index (χ2v) is 28.1. The number of aryl methyl sites for hydroxylation is 2. The molecule has 524 valence electrons. The normalized spacial score (nSPS) is 15.2. The van der Waals surface area contributed by atoms with Crippen molar-refractivity contribution in [1.82, 2.24) is 0 Å². The lowest BCUT2D eigenvalue weighted by molar-refractivity contribution is -0.385. The number of hydrogen-bond acceptors (Lipinski definition) is 18. The number of carbonyl (C=O) groups excluding carboxylic acids is 6. The number of carboxylic acids is 2. The second-order valence-electron chi connectivity index (χ2n) is 21.3. The van der Waals surface area contributed by atoms with E-state index < -0.39 is 103 Å². The van der Waals surface area contributed by atoms with E-state index >= 15 is 0 Å². The number of carboxylic acid groups (broad SMARTS) is 2. The molecule has 0 spiro atoms. The van der Waals surface area contributed by atoms with Crippen LogP contribution in [0.4, 0.5) is 30.2 Å². The van der Waals surface area contributed by atoms with Crippen molar-refractivity contribution in [2.75, 3.05) is 55.1 Å². The number of fused-ring (bicyclic) bond motifs is 1. The van der Waals surface area contributed by atoms with E-state index in [4.69, 9.17) is 97.8 Å². The highest BCUT2D eigenvalue weighted by Crippen LogP contribution is 2.39. The molecule has 24 nitrogen and oxygen atoms in total. The number of rotatable bonds is 20.